The predicted octanol–water partition coefficient (Wildman–Crippen LogP) is 3.01. The zero-order valence-electron chi connectivity index (χ0n) is 12.5. The Morgan fingerprint density at radius 3 is 2.75 bits per heavy atom. The number of methoxy groups -OCH3 is 1. The molecule has 2 N–H and O–H groups in total. The standard InChI is InChI=1S/C16H23N3O/c1-4-16(2,10-17)15-18-13-9-12(20-3)7-8-14(13)19(15)11-5-6-11/h7-9,11H,4-6,10,17H2,1-3H3. The second kappa shape index (κ2) is 4.77. The maximum Gasteiger partial charge on any atom is 0.121 e. The minimum Gasteiger partial charge on any atom is -0.497 e. The first-order chi connectivity index (χ1) is 9.62. The summed E-state index contributed by atoms with van der Waals surface area (Å²) < 4.78 is 7.72. The Morgan fingerprint density at radius 1 is 1.45 bits per heavy atom. The van der Waals surface area contributed by atoms with Gasteiger partial charge in [-0.2, -0.15) is 0 Å². The second-order valence-corrected chi connectivity index (χ2v) is 6.01. The van der Waals surface area contributed by atoms with Gasteiger partial charge in [-0.05, 0) is 31.4 Å². The molecule has 108 valence electrons. The SMILES string of the molecule is CCC(C)(CN)c1nc2cc(OC)ccc2n1C1CC1. The van der Waals surface area contributed by atoms with E-state index in [1.54, 1.807) is 7.11 Å². The van der Waals surface area contributed by atoms with E-state index in [-0.39, 0.29) is 5.41 Å². The first-order valence-corrected chi connectivity index (χ1v) is 7.39. The zero-order chi connectivity index (χ0) is 14.3. The summed E-state index contributed by atoms with van der Waals surface area (Å²) >= 11 is 0. The highest BCUT2D eigenvalue weighted by atomic mass is 16.5. The van der Waals surface area contributed by atoms with Crippen molar-refractivity contribution in [2.75, 3.05) is 13.7 Å². The van der Waals surface area contributed by atoms with E-state index >= 15 is 0 Å². The lowest BCUT2D eigenvalue weighted by Crippen LogP contribution is -2.34. The van der Waals surface area contributed by atoms with E-state index < -0.39 is 0 Å². The molecule has 1 atom stereocenters. The van der Waals surface area contributed by atoms with Crippen molar-refractivity contribution < 1.29 is 4.74 Å². The first-order valence-electron chi connectivity index (χ1n) is 7.39. The molecule has 0 radical (unpaired) electrons. The van der Waals surface area contributed by atoms with Gasteiger partial charge in [-0.3, -0.25) is 0 Å². The van der Waals surface area contributed by atoms with Gasteiger partial charge >= 0.3 is 0 Å². The molecule has 1 fully saturated rings. The molecule has 0 saturated heterocycles. The number of rotatable bonds is 5. The summed E-state index contributed by atoms with van der Waals surface area (Å²) in [4.78, 5) is 4.90. The summed E-state index contributed by atoms with van der Waals surface area (Å²) in [5.41, 5.74) is 8.20. The minimum absolute atomic E-state index is 0.0607. The topological polar surface area (TPSA) is 53.1 Å². The van der Waals surface area contributed by atoms with Crippen LogP contribution in [0.5, 0.6) is 5.75 Å². The van der Waals surface area contributed by atoms with Crippen molar-refractivity contribution >= 4 is 11.0 Å². The molecule has 0 aliphatic heterocycles. The molecule has 1 saturated carbocycles. The molecule has 0 bridgehead atoms. The van der Waals surface area contributed by atoms with Crippen LogP contribution < -0.4 is 10.5 Å². The van der Waals surface area contributed by atoms with Gasteiger partial charge in [0.05, 0.1) is 18.1 Å². The molecule has 1 aromatic heterocycles. The molecular weight excluding hydrogens is 250 g/mol. The largest absolute Gasteiger partial charge is 0.497 e. The monoisotopic (exact) mass is 273 g/mol. The van der Waals surface area contributed by atoms with Gasteiger partial charge in [0, 0.05) is 24.1 Å². The molecular formula is C16H23N3O. The van der Waals surface area contributed by atoms with Crippen LogP contribution in [0, 0.1) is 0 Å². The van der Waals surface area contributed by atoms with Gasteiger partial charge in [-0.15, -0.1) is 0 Å². The summed E-state index contributed by atoms with van der Waals surface area (Å²) in [5.74, 6) is 1.99. The van der Waals surface area contributed by atoms with Gasteiger partial charge in [0.2, 0.25) is 0 Å². The third-order valence-corrected chi connectivity index (χ3v) is 4.58. The van der Waals surface area contributed by atoms with E-state index in [9.17, 15) is 0 Å². The molecule has 1 heterocycles. The summed E-state index contributed by atoms with van der Waals surface area (Å²) in [7, 11) is 1.69. The Bertz CT molecular complexity index is 624. The fourth-order valence-electron chi connectivity index (χ4n) is 2.73. The third kappa shape index (κ3) is 1.99. The van der Waals surface area contributed by atoms with E-state index in [1.807, 2.05) is 12.1 Å². The smallest absolute Gasteiger partial charge is 0.121 e. The molecule has 20 heavy (non-hydrogen) atoms. The molecule has 3 rings (SSSR count). The van der Waals surface area contributed by atoms with Crippen molar-refractivity contribution in [3.63, 3.8) is 0 Å². The average Bonchev–Trinajstić information content (AvgIpc) is 3.25. The highest BCUT2D eigenvalue weighted by Gasteiger charge is 2.35. The molecule has 1 aliphatic carbocycles. The Hall–Kier alpha value is -1.55. The Kier molecular flexibility index (Phi) is 3.21. The molecule has 4 nitrogen and oxygen atoms in total. The van der Waals surface area contributed by atoms with E-state index in [0.29, 0.717) is 12.6 Å². The van der Waals surface area contributed by atoms with Gasteiger partial charge in [-0.1, -0.05) is 13.8 Å². The number of hydrogen-bond acceptors (Lipinski definition) is 3. The summed E-state index contributed by atoms with van der Waals surface area (Å²) in [6, 6.07) is 6.75. The molecule has 0 spiro atoms. The van der Waals surface area contributed by atoms with Crippen molar-refractivity contribution in [3.05, 3.63) is 24.0 Å². The molecule has 0 amide bonds. The van der Waals surface area contributed by atoms with Gasteiger partial charge in [0.1, 0.15) is 11.6 Å². The molecule has 1 unspecified atom stereocenters. The number of aromatic nitrogens is 2. The zero-order valence-corrected chi connectivity index (χ0v) is 12.5. The predicted molar refractivity (Wildman–Crippen MR) is 81.3 cm³/mol. The Balaban J connectivity index is 2.22. The van der Waals surface area contributed by atoms with Gasteiger partial charge in [0.25, 0.3) is 0 Å². The van der Waals surface area contributed by atoms with Crippen LogP contribution >= 0.6 is 0 Å². The molecule has 1 aromatic carbocycles. The van der Waals surface area contributed by atoms with Crippen LogP contribution in [0.25, 0.3) is 11.0 Å². The number of imidazole rings is 1. The van der Waals surface area contributed by atoms with Crippen LogP contribution in [-0.2, 0) is 5.41 Å². The Labute approximate surface area is 119 Å². The van der Waals surface area contributed by atoms with Crippen molar-refractivity contribution in [3.8, 4) is 5.75 Å². The normalized spacial score (nSPS) is 18.2. The van der Waals surface area contributed by atoms with Crippen molar-refractivity contribution in [2.45, 2.75) is 44.6 Å². The summed E-state index contributed by atoms with van der Waals surface area (Å²) in [5, 5.41) is 0. The first kappa shape index (κ1) is 13.4. The van der Waals surface area contributed by atoms with Crippen molar-refractivity contribution in [1.82, 2.24) is 9.55 Å². The lowest BCUT2D eigenvalue weighted by Gasteiger charge is -2.26. The lowest BCUT2D eigenvalue weighted by molar-refractivity contribution is 0.415. The number of nitrogens with two attached hydrogens (primary N) is 1. The van der Waals surface area contributed by atoms with Gasteiger partial charge in [-0.25, -0.2) is 4.98 Å². The van der Waals surface area contributed by atoms with Crippen LogP contribution in [0.15, 0.2) is 18.2 Å². The van der Waals surface area contributed by atoms with Gasteiger partial charge < -0.3 is 15.0 Å². The fourth-order valence-corrected chi connectivity index (χ4v) is 2.73. The number of fused-ring (bicyclic) bond motifs is 1. The number of ether oxygens (including phenoxy) is 1. The van der Waals surface area contributed by atoms with Gasteiger partial charge in [0.15, 0.2) is 0 Å². The van der Waals surface area contributed by atoms with E-state index in [4.69, 9.17) is 15.5 Å². The average molecular weight is 273 g/mol. The van der Waals surface area contributed by atoms with E-state index in [1.165, 1.54) is 18.4 Å². The summed E-state index contributed by atoms with van der Waals surface area (Å²) in [6.45, 7) is 5.02. The van der Waals surface area contributed by atoms with Crippen LogP contribution in [0.1, 0.15) is 45.0 Å². The van der Waals surface area contributed by atoms with Crippen LogP contribution in [0.2, 0.25) is 0 Å². The number of benzene rings is 1. The maximum absolute atomic E-state index is 6.04. The van der Waals surface area contributed by atoms with Crippen molar-refractivity contribution in [2.24, 2.45) is 5.73 Å². The quantitative estimate of drug-likeness (QED) is 0.911. The van der Waals surface area contributed by atoms with E-state index in [2.05, 4.69) is 24.5 Å². The molecule has 1 aliphatic rings. The minimum atomic E-state index is -0.0607. The molecule has 4 heteroatoms. The summed E-state index contributed by atoms with van der Waals surface area (Å²) in [6.07, 6.45) is 3.49. The maximum atomic E-state index is 6.04. The van der Waals surface area contributed by atoms with Crippen LogP contribution in [0.4, 0.5) is 0 Å². The number of nitrogens with zero attached hydrogens (tertiary/aromatic N) is 2. The highest BCUT2D eigenvalue weighted by Crippen LogP contribution is 2.42. The van der Waals surface area contributed by atoms with E-state index in [0.717, 1.165) is 23.5 Å². The second-order valence-electron chi connectivity index (χ2n) is 6.01. The molecule has 2 aromatic rings. The third-order valence-electron chi connectivity index (χ3n) is 4.58. The van der Waals surface area contributed by atoms with Crippen LogP contribution in [0.3, 0.4) is 0 Å². The number of hydrogen-bond donors (Lipinski definition) is 1. The Morgan fingerprint density at radius 2 is 2.20 bits per heavy atom. The van der Waals surface area contributed by atoms with Crippen molar-refractivity contribution in [1.29, 1.82) is 0 Å². The lowest BCUT2D eigenvalue weighted by atomic mass is 9.86. The van der Waals surface area contributed by atoms with Crippen LogP contribution in [-0.4, -0.2) is 23.2 Å². The highest BCUT2D eigenvalue weighted by molar-refractivity contribution is 5.78. The fraction of sp³-hybridized carbons (Fsp3) is 0.562.